The van der Waals surface area contributed by atoms with E-state index in [9.17, 15) is 16.8 Å². The molecule has 1 aliphatic heterocycles. The second kappa shape index (κ2) is 8.94. The van der Waals surface area contributed by atoms with Gasteiger partial charge < -0.3 is 0 Å². The van der Waals surface area contributed by atoms with Gasteiger partial charge >= 0.3 is 0 Å². The van der Waals surface area contributed by atoms with Crippen LogP contribution in [0.3, 0.4) is 0 Å². The standard InChI is InChI=1S/C24H28N2O4S2/c1-19-7-8-20(2)24(17-19)31(27,28)16-15-25-11-13-26(14-12-25)32(29,30)23-10-9-21-5-3-4-6-22(21)18-23/h3-10,17-18H,11-16H2,1-2H3. The Morgan fingerprint density at radius 3 is 2.19 bits per heavy atom. The maximum atomic E-state index is 13.1. The van der Waals surface area contributed by atoms with Crippen LogP contribution in [0.25, 0.3) is 10.8 Å². The number of hydrogen-bond donors (Lipinski definition) is 0. The second-order valence-electron chi connectivity index (χ2n) is 8.34. The summed E-state index contributed by atoms with van der Waals surface area (Å²) >= 11 is 0. The maximum Gasteiger partial charge on any atom is 0.243 e. The lowest BCUT2D eigenvalue weighted by atomic mass is 10.1. The van der Waals surface area contributed by atoms with Gasteiger partial charge in [-0.3, -0.25) is 4.90 Å². The van der Waals surface area contributed by atoms with E-state index in [0.717, 1.165) is 21.9 Å². The van der Waals surface area contributed by atoms with Gasteiger partial charge in [-0.2, -0.15) is 4.31 Å². The highest BCUT2D eigenvalue weighted by Crippen LogP contribution is 2.23. The predicted molar refractivity (Wildman–Crippen MR) is 127 cm³/mol. The lowest BCUT2D eigenvalue weighted by Crippen LogP contribution is -2.49. The molecule has 1 heterocycles. The fraction of sp³-hybridized carbons (Fsp3) is 0.333. The Balaban J connectivity index is 1.39. The van der Waals surface area contributed by atoms with Gasteiger partial charge in [-0.1, -0.05) is 42.5 Å². The molecule has 1 aliphatic rings. The van der Waals surface area contributed by atoms with Crippen molar-refractivity contribution in [2.75, 3.05) is 38.5 Å². The summed E-state index contributed by atoms with van der Waals surface area (Å²) in [6, 6.07) is 18.3. The zero-order valence-electron chi connectivity index (χ0n) is 18.4. The van der Waals surface area contributed by atoms with Crippen molar-refractivity contribution in [2.24, 2.45) is 0 Å². The largest absolute Gasteiger partial charge is 0.300 e. The molecule has 8 heteroatoms. The first-order chi connectivity index (χ1) is 15.2. The van der Waals surface area contributed by atoms with Crippen LogP contribution in [0.5, 0.6) is 0 Å². The van der Waals surface area contributed by atoms with Crippen molar-refractivity contribution in [3.63, 3.8) is 0 Å². The number of aryl methyl sites for hydroxylation is 2. The van der Waals surface area contributed by atoms with E-state index in [1.807, 2.05) is 61.2 Å². The highest BCUT2D eigenvalue weighted by atomic mass is 32.2. The first kappa shape index (κ1) is 22.9. The van der Waals surface area contributed by atoms with E-state index in [1.54, 1.807) is 18.2 Å². The number of fused-ring (bicyclic) bond motifs is 1. The van der Waals surface area contributed by atoms with E-state index >= 15 is 0 Å². The molecule has 0 aromatic heterocycles. The van der Waals surface area contributed by atoms with Gasteiger partial charge in [0.05, 0.1) is 15.5 Å². The minimum Gasteiger partial charge on any atom is -0.300 e. The molecule has 3 aromatic carbocycles. The van der Waals surface area contributed by atoms with E-state index < -0.39 is 19.9 Å². The topological polar surface area (TPSA) is 74.8 Å². The molecule has 0 saturated carbocycles. The minimum atomic E-state index is -3.59. The van der Waals surface area contributed by atoms with Gasteiger partial charge in [0, 0.05) is 32.7 Å². The monoisotopic (exact) mass is 472 g/mol. The molecule has 0 radical (unpaired) electrons. The van der Waals surface area contributed by atoms with Crippen molar-refractivity contribution < 1.29 is 16.8 Å². The molecule has 1 fully saturated rings. The van der Waals surface area contributed by atoms with Crippen LogP contribution in [-0.4, -0.2) is 64.5 Å². The predicted octanol–water partition coefficient (Wildman–Crippen LogP) is 3.24. The van der Waals surface area contributed by atoms with Gasteiger partial charge in [-0.05, 0) is 53.9 Å². The Labute approximate surface area is 190 Å². The highest BCUT2D eigenvalue weighted by Gasteiger charge is 2.29. The fourth-order valence-corrected chi connectivity index (χ4v) is 7.17. The van der Waals surface area contributed by atoms with Crippen molar-refractivity contribution in [3.05, 3.63) is 71.8 Å². The minimum absolute atomic E-state index is 0.0225. The molecule has 1 saturated heterocycles. The number of benzene rings is 3. The molecule has 0 atom stereocenters. The van der Waals surface area contributed by atoms with Gasteiger partial charge in [0.2, 0.25) is 10.0 Å². The summed E-state index contributed by atoms with van der Waals surface area (Å²) in [6.45, 7) is 5.79. The summed E-state index contributed by atoms with van der Waals surface area (Å²) in [7, 11) is -6.98. The zero-order valence-corrected chi connectivity index (χ0v) is 20.0. The quantitative estimate of drug-likeness (QED) is 0.551. The molecular formula is C24H28N2O4S2. The highest BCUT2D eigenvalue weighted by molar-refractivity contribution is 7.91. The summed E-state index contributed by atoms with van der Waals surface area (Å²) in [6.07, 6.45) is 0. The fourth-order valence-electron chi connectivity index (χ4n) is 4.07. The van der Waals surface area contributed by atoms with Crippen LogP contribution in [0.4, 0.5) is 0 Å². The number of sulfonamides is 1. The Morgan fingerprint density at radius 2 is 1.47 bits per heavy atom. The van der Waals surface area contributed by atoms with Crippen LogP contribution in [0.1, 0.15) is 11.1 Å². The molecule has 6 nitrogen and oxygen atoms in total. The Hall–Kier alpha value is -2.26. The SMILES string of the molecule is Cc1ccc(C)c(S(=O)(=O)CCN2CCN(S(=O)(=O)c3ccc4ccccc4c3)CC2)c1. The normalized spacial score (nSPS) is 16.4. The van der Waals surface area contributed by atoms with Gasteiger partial charge in [0.15, 0.2) is 9.84 Å². The molecule has 0 spiro atoms. The van der Waals surface area contributed by atoms with E-state index in [0.29, 0.717) is 42.5 Å². The molecule has 3 aromatic rings. The Morgan fingerprint density at radius 1 is 0.781 bits per heavy atom. The van der Waals surface area contributed by atoms with E-state index in [2.05, 4.69) is 0 Å². The maximum absolute atomic E-state index is 13.1. The first-order valence-electron chi connectivity index (χ1n) is 10.7. The molecule has 0 amide bonds. The Bertz CT molecular complexity index is 1340. The van der Waals surface area contributed by atoms with Crippen LogP contribution in [-0.2, 0) is 19.9 Å². The number of nitrogens with zero attached hydrogens (tertiary/aromatic N) is 2. The third-order valence-electron chi connectivity index (χ3n) is 6.04. The zero-order chi connectivity index (χ0) is 22.9. The third-order valence-corrected chi connectivity index (χ3v) is 9.77. The smallest absolute Gasteiger partial charge is 0.243 e. The number of sulfone groups is 1. The van der Waals surface area contributed by atoms with Crippen LogP contribution in [0, 0.1) is 13.8 Å². The summed E-state index contributed by atoms with van der Waals surface area (Å²) in [5, 5.41) is 1.89. The van der Waals surface area contributed by atoms with Crippen molar-refractivity contribution >= 4 is 30.6 Å². The van der Waals surface area contributed by atoms with Gasteiger partial charge in [0.25, 0.3) is 0 Å². The second-order valence-corrected chi connectivity index (χ2v) is 12.4. The van der Waals surface area contributed by atoms with Crippen LogP contribution >= 0.6 is 0 Å². The van der Waals surface area contributed by atoms with Gasteiger partial charge in [-0.25, -0.2) is 16.8 Å². The van der Waals surface area contributed by atoms with Crippen molar-refractivity contribution in [3.8, 4) is 0 Å². The molecule has 170 valence electrons. The summed E-state index contributed by atoms with van der Waals surface area (Å²) < 4.78 is 53.4. The van der Waals surface area contributed by atoms with E-state index in [-0.39, 0.29) is 5.75 Å². The van der Waals surface area contributed by atoms with Crippen LogP contribution in [0.15, 0.2) is 70.5 Å². The van der Waals surface area contributed by atoms with Crippen molar-refractivity contribution in [2.45, 2.75) is 23.6 Å². The number of piperazine rings is 1. The average Bonchev–Trinajstić information content (AvgIpc) is 2.79. The van der Waals surface area contributed by atoms with Gasteiger partial charge in [-0.15, -0.1) is 0 Å². The molecule has 0 unspecified atom stereocenters. The Kier molecular flexibility index (Phi) is 6.40. The van der Waals surface area contributed by atoms with E-state index in [1.165, 1.54) is 4.31 Å². The van der Waals surface area contributed by atoms with Crippen molar-refractivity contribution in [1.82, 2.24) is 9.21 Å². The summed E-state index contributed by atoms with van der Waals surface area (Å²) in [5.41, 5.74) is 1.67. The average molecular weight is 473 g/mol. The van der Waals surface area contributed by atoms with Crippen molar-refractivity contribution in [1.29, 1.82) is 0 Å². The molecule has 0 N–H and O–H groups in total. The van der Waals surface area contributed by atoms with Crippen LogP contribution in [0.2, 0.25) is 0 Å². The number of hydrogen-bond acceptors (Lipinski definition) is 5. The summed E-state index contributed by atoms with van der Waals surface area (Å²) in [5.74, 6) is 0.0225. The lowest BCUT2D eigenvalue weighted by Gasteiger charge is -2.34. The first-order valence-corrected chi connectivity index (χ1v) is 13.8. The molecule has 0 bridgehead atoms. The lowest BCUT2D eigenvalue weighted by molar-refractivity contribution is 0.197. The van der Waals surface area contributed by atoms with E-state index in [4.69, 9.17) is 0 Å². The van der Waals surface area contributed by atoms with Gasteiger partial charge in [0.1, 0.15) is 0 Å². The number of rotatable bonds is 6. The summed E-state index contributed by atoms with van der Waals surface area (Å²) in [4.78, 5) is 2.70. The molecule has 0 aliphatic carbocycles. The molecule has 32 heavy (non-hydrogen) atoms. The third kappa shape index (κ3) is 4.73. The molecule has 4 rings (SSSR count). The van der Waals surface area contributed by atoms with Crippen LogP contribution < -0.4 is 0 Å². The molecular weight excluding hydrogens is 444 g/mol.